The molecule has 0 spiro atoms. The molecule has 128 valence electrons. The SMILES string of the molecule is Cc1cccc(S(=O)(=O)NC(=O)c2ccc(C(C)(C)C)nc2Cl)c1. The second kappa shape index (κ2) is 6.53. The summed E-state index contributed by atoms with van der Waals surface area (Å²) in [6.45, 7) is 7.67. The van der Waals surface area contributed by atoms with Crippen molar-refractivity contribution in [2.75, 3.05) is 0 Å². The highest BCUT2D eigenvalue weighted by Crippen LogP contribution is 2.24. The van der Waals surface area contributed by atoms with Crippen LogP contribution in [-0.2, 0) is 15.4 Å². The molecule has 0 atom stereocenters. The van der Waals surface area contributed by atoms with Crippen LogP contribution in [0.15, 0.2) is 41.3 Å². The predicted octanol–water partition coefficient (Wildman–Crippen LogP) is 3.46. The normalized spacial score (nSPS) is 12.0. The Labute approximate surface area is 147 Å². The summed E-state index contributed by atoms with van der Waals surface area (Å²) in [5, 5.41) is -0.0284. The number of hydrogen-bond acceptors (Lipinski definition) is 4. The molecule has 5 nitrogen and oxygen atoms in total. The third-order valence-corrected chi connectivity index (χ3v) is 5.01. The van der Waals surface area contributed by atoms with Gasteiger partial charge < -0.3 is 0 Å². The number of hydrogen-bond donors (Lipinski definition) is 1. The molecule has 1 aromatic heterocycles. The van der Waals surface area contributed by atoms with Gasteiger partial charge in [0.15, 0.2) is 0 Å². The number of rotatable bonds is 3. The Morgan fingerprint density at radius 3 is 2.38 bits per heavy atom. The second-order valence-electron chi connectivity index (χ2n) is 6.54. The van der Waals surface area contributed by atoms with Gasteiger partial charge in [0.25, 0.3) is 15.9 Å². The van der Waals surface area contributed by atoms with E-state index >= 15 is 0 Å². The van der Waals surface area contributed by atoms with Crippen LogP contribution in [0.2, 0.25) is 5.15 Å². The van der Waals surface area contributed by atoms with Crippen LogP contribution in [0.5, 0.6) is 0 Å². The van der Waals surface area contributed by atoms with Crippen LogP contribution >= 0.6 is 11.6 Å². The summed E-state index contributed by atoms with van der Waals surface area (Å²) in [7, 11) is -3.97. The quantitative estimate of drug-likeness (QED) is 0.844. The second-order valence-corrected chi connectivity index (χ2v) is 8.58. The summed E-state index contributed by atoms with van der Waals surface area (Å²) in [6.07, 6.45) is 0. The molecule has 7 heteroatoms. The zero-order chi connectivity index (χ0) is 18.1. The fourth-order valence-corrected chi connectivity index (χ4v) is 3.35. The Bertz CT molecular complexity index is 887. The smallest absolute Gasteiger partial charge is 0.268 e. The van der Waals surface area contributed by atoms with Crippen molar-refractivity contribution in [1.82, 2.24) is 9.71 Å². The lowest BCUT2D eigenvalue weighted by atomic mass is 9.91. The monoisotopic (exact) mass is 366 g/mol. The lowest BCUT2D eigenvalue weighted by molar-refractivity contribution is 0.0981. The number of benzene rings is 1. The summed E-state index contributed by atoms with van der Waals surface area (Å²) in [6, 6.07) is 9.44. The molecular weight excluding hydrogens is 348 g/mol. The van der Waals surface area contributed by atoms with E-state index in [2.05, 4.69) is 4.98 Å². The molecule has 1 heterocycles. The molecule has 0 unspecified atom stereocenters. The van der Waals surface area contributed by atoms with Crippen LogP contribution in [0.3, 0.4) is 0 Å². The molecule has 2 aromatic rings. The highest BCUT2D eigenvalue weighted by molar-refractivity contribution is 7.90. The molecular formula is C17H19ClN2O3S. The largest absolute Gasteiger partial charge is 0.268 e. The van der Waals surface area contributed by atoms with Gasteiger partial charge >= 0.3 is 0 Å². The van der Waals surface area contributed by atoms with Crippen molar-refractivity contribution in [2.24, 2.45) is 0 Å². The zero-order valence-electron chi connectivity index (χ0n) is 13.9. The number of aryl methyl sites for hydroxylation is 1. The Hall–Kier alpha value is -1.92. The average molecular weight is 367 g/mol. The first-order valence-corrected chi connectivity index (χ1v) is 9.18. The van der Waals surface area contributed by atoms with E-state index in [9.17, 15) is 13.2 Å². The van der Waals surface area contributed by atoms with Crippen molar-refractivity contribution in [2.45, 2.75) is 38.0 Å². The number of aromatic nitrogens is 1. The first kappa shape index (κ1) is 18.4. The summed E-state index contributed by atoms with van der Waals surface area (Å²) in [5.74, 6) is -0.811. The first-order chi connectivity index (χ1) is 11.0. The minimum atomic E-state index is -3.97. The Morgan fingerprint density at radius 1 is 1.17 bits per heavy atom. The van der Waals surface area contributed by atoms with E-state index in [1.807, 2.05) is 25.5 Å². The van der Waals surface area contributed by atoms with E-state index in [1.54, 1.807) is 25.1 Å². The molecule has 0 saturated carbocycles. The van der Waals surface area contributed by atoms with Crippen LogP contribution in [-0.4, -0.2) is 19.3 Å². The number of sulfonamides is 1. The van der Waals surface area contributed by atoms with E-state index in [1.165, 1.54) is 18.2 Å². The van der Waals surface area contributed by atoms with Crippen molar-refractivity contribution in [3.05, 3.63) is 58.4 Å². The number of nitrogens with zero attached hydrogens (tertiary/aromatic N) is 1. The van der Waals surface area contributed by atoms with Gasteiger partial charge in [-0.25, -0.2) is 18.1 Å². The fraction of sp³-hybridized carbons (Fsp3) is 0.294. The molecule has 0 bridgehead atoms. The van der Waals surface area contributed by atoms with Crippen LogP contribution in [0.25, 0.3) is 0 Å². The van der Waals surface area contributed by atoms with Crippen molar-refractivity contribution in [1.29, 1.82) is 0 Å². The van der Waals surface area contributed by atoms with Gasteiger partial charge in [0.2, 0.25) is 0 Å². The van der Waals surface area contributed by atoms with Crippen LogP contribution < -0.4 is 4.72 Å². The molecule has 0 saturated heterocycles. The topological polar surface area (TPSA) is 76.1 Å². The molecule has 0 aliphatic rings. The molecule has 1 aromatic carbocycles. The van der Waals surface area contributed by atoms with Crippen molar-refractivity contribution >= 4 is 27.5 Å². The van der Waals surface area contributed by atoms with Gasteiger partial charge in [-0.3, -0.25) is 4.79 Å². The number of nitrogens with one attached hydrogen (secondary N) is 1. The van der Waals surface area contributed by atoms with E-state index in [4.69, 9.17) is 11.6 Å². The zero-order valence-corrected chi connectivity index (χ0v) is 15.5. The van der Waals surface area contributed by atoms with Crippen LogP contribution in [0.1, 0.15) is 42.4 Å². The maximum Gasteiger partial charge on any atom is 0.268 e. The lowest BCUT2D eigenvalue weighted by Crippen LogP contribution is -2.31. The van der Waals surface area contributed by atoms with Gasteiger partial charge in [0.1, 0.15) is 5.15 Å². The van der Waals surface area contributed by atoms with E-state index in [-0.39, 0.29) is 21.0 Å². The Morgan fingerprint density at radius 2 is 1.83 bits per heavy atom. The van der Waals surface area contributed by atoms with Gasteiger partial charge in [0, 0.05) is 11.1 Å². The van der Waals surface area contributed by atoms with E-state index < -0.39 is 15.9 Å². The Balaban J connectivity index is 2.30. The van der Waals surface area contributed by atoms with Crippen LogP contribution in [0.4, 0.5) is 0 Å². The average Bonchev–Trinajstić information content (AvgIpc) is 2.45. The van der Waals surface area contributed by atoms with Gasteiger partial charge in [-0.2, -0.15) is 0 Å². The number of halogens is 1. The third kappa shape index (κ3) is 4.13. The molecule has 2 rings (SSSR count). The van der Waals surface area contributed by atoms with Crippen molar-refractivity contribution in [3.63, 3.8) is 0 Å². The Kier molecular flexibility index (Phi) is 5.01. The maximum absolute atomic E-state index is 12.3. The van der Waals surface area contributed by atoms with Gasteiger partial charge in [0.05, 0.1) is 10.5 Å². The summed E-state index contributed by atoms with van der Waals surface area (Å²) in [5.41, 5.74) is 1.28. The van der Waals surface area contributed by atoms with Gasteiger partial charge in [-0.05, 0) is 36.8 Å². The van der Waals surface area contributed by atoms with Crippen molar-refractivity contribution in [3.8, 4) is 0 Å². The molecule has 0 fully saturated rings. The van der Waals surface area contributed by atoms with Crippen molar-refractivity contribution < 1.29 is 13.2 Å². The van der Waals surface area contributed by atoms with E-state index in [0.717, 1.165) is 5.56 Å². The number of pyridine rings is 1. The first-order valence-electron chi connectivity index (χ1n) is 7.31. The molecule has 24 heavy (non-hydrogen) atoms. The van der Waals surface area contributed by atoms with Gasteiger partial charge in [-0.15, -0.1) is 0 Å². The van der Waals surface area contributed by atoms with E-state index in [0.29, 0.717) is 5.69 Å². The molecule has 0 aliphatic heterocycles. The molecule has 0 radical (unpaired) electrons. The highest BCUT2D eigenvalue weighted by Gasteiger charge is 2.23. The predicted molar refractivity (Wildman–Crippen MR) is 93.8 cm³/mol. The lowest BCUT2D eigenvalue weighted by Gasteiger charge is -2.18. The standard InChI is InChI=1S/C17H19ClN2O3S/c1-11-6-5-7-12(10-11)24(22,23)20-16(21)13-8-9-14(17(2,3)4)19-15(13)18/h5-10H,1-4H3,(H,20,21). The number of amides is 1. The molecule has 1 N–H and O–H groups in total. The highest BCUT2D eigenvalue weighted by atomic mass is 35.5. The minimum Gasteiger partial charge on any atom is -0.268 e. The number of carbonyl (C=O) groups excluding carboxylic acids is 1. The fourth-order valence-electron chi connectivity index (χ4n) is 2.04. The third-order valence-electron chi connectivity index (χ3n) is 3.39. The molecule has 1 amide bonds. The van der Waals surface area contributed by atoms with Crippen LogP contribution in [0, 0.1) is 6.92 Å². The summed E-state index contributed by atoms with van der Waals surface area (Å²) < 4.78 is 26.6. The summed E-state index contributed by atoms with van der Waals surface area (Å²) >= 11 is 6.06. The van der Waals surface area contributed by atoms with Gasteiger partial charge in [-0.1, -0.05) is 44.5 Å². The minimum absolute atomic E-state index is 0.0147. The maximum atomic E-state index is 12.3. The summed E-state index contributed by atoms with van der Waals surface area (Å²) in [4.78, 5) is 16.5. The number of carbonyl (C=O) groups is 1. The molecule has 0 aliphatic carbocycles.